The Morgan fingerprint density at radius 1 is 1.00 bits per heavy atom. The van der Waals surface area contributed by atoms with Gasteiger partial charge in [0, 0.05) is 10.0 Å². The summed E-state index contributed by atoms with van der Waals surface area (Å²) in [6, 6.07) is 16.0. The van der Waals surface area contributed by atoms with E-state index in [9.17, 15) is 0 Å². The van der Waals surface area contributed by atoms with Crippen molar-refractivity contribution < 1.29 is 0 Å². The molecule has 0 fully saturated rings. The van der Waals surface area contributed by atoms with Crippen LogP contribution < -0.4 is 5.73 Å². The Morgan fingerprint density at radius 3 is 2.15 bits per heavy atom. The zero-order chi connectivity index (χ0) is 14.8. The number of hydrogen-bond donors (Lipinski definition) is 1. The van der Waals surface area contributed by atoms with Crippen LogP contribution in [0, 0.1) is 0 Å². The fourth-order valence-electron chi connectivity index (χ4n) is 1.88. The van der Waals surface area contributed by atoms with E-state index in [-0.39, 0.29) is 5.41 Å². The van der Waals surface area contributed by atoms with E-state index in [2.05, 4.69) is 53.8 Å². The van der Waals surface area contributed by atoms with Crippen molar-refractivity contribution in [3.8, 4) is 0 Å². The summed E-state index contributed by atoms with van der Waals surface area (Å²) in [6.07, 6.45) is 0. The minimum Gasteiger partial charge on any atom is -0.383 e. The molecule has 0 aliphatic carbocycles. The zero-order valence-electron chi connectivity index (χ0n) is 12.0. The first kappa shape index (κ1) is 14.8. The summed E-state index contributed by atoms with van der Waals surface area (Å²) in [5.74, 6) is 0.525. The number of rotatable bonds is 2. The first-order chi connectivity index (χ1) is 9.38. The van der Waals surface area contributed by atoms with Gasteiger partial charge in [0.15, 0.2) is 0 Å². The van der Waals surface area contributed by atoms with E-state index in [1.54, 1.807) is 0 Å². The van der Waals surface area contributed by atoms with Crippen molar-refractivity contribution in [2.24, 2.45) is 10.7 Å². The molecule has 0 atom stereocenters. The van der Waals surface area contributed by atoms with E-state index in [1.807, 2.05) is 36.4 Å². The van der Waals surface area contributed by atoms with Crippen LogP contribution in [0.3, 0.4) is 0 Å². The maximum absolute atomic E-state index is 6.08. The summed E-state index contributed by atoms with van der Waals surface area (Å²) in [4.78, 5) is 4.47. The van der Waals surface area contributed by atoms with Gasteiger partial charge in [-0.05, 0) is 39.0 Å². The molecule has 0 radical (unpaired) electrons. The van der Waals surface area contributed by atoms with Gasteiger partial charge in [-0.3, -0.25) is 0 Å². The highest BCUT2D eigenvalue weighted by molar-refractivity contribution is 9.10. The molecule has 0 saturated carbocycles. The Bertz CT molecular complexity index is 622. The number of benzene rings is 2. The van der Waals surface area contributed by atoms with Gasteiger partial charge < -0.3 is 5.73 Å². The van der Waals surface area contributed by atoms with Gasteiger partial charge in [-0.15, -0.1) is 0 Å². The van der Waals surface area contributed by atoms with E-state index in [1.165, 1.54) is 5.56 Å². The molecule has 0 aliphatic rings. The molecule has 3 heteroatoms. The van der Waals surface area contributed by atoms with Gasteiger partial charge in [-0.1, -0.05) is 57.2 Å². The fraction of sp³-hybridized carbons (Fsp3) is 0.235. The Morgan fingerprint density at radius 2 is 1.60 bits per heavy atom. The molecule has 20 heavy (non-hydrogen) atoms. The van der Waals surface area contributed by atoms with Crippen LogP contribution in [0.2, 0.25) is 0 Å². The molecule has 2 rings (SSSR count). The second-order valence-electron chi connectivity index (χ2n) is 5.78. The van der Waals surface area contributed by atoms with Gasteiger partial charge in [0.25, 0.3) is 0 Å². The number of nitrogens with zero attached hydrogens (tertiary/aromatic N) is 1. The van der Waals surface area contributed by atoms with Gasteiger partial charge in [-0.25, -0.2) is 4.99 Å². The number of halogens is 1. The minimum absolute atomic E-state index is 0.146. The lowest BCUT2D eigenvalue weighted by Crippen LogP contribution is -2.15. The van der Waals surface area contributed by atoms with Crippen LogP contribution in [0.4, 0.5) is 5.69 Å². The Kier molecular flexibility index (Phi) is 4.29. The quantitative estimate of drug-likeness (QED) is 0.624. The predicted molar refractivity (Wildman–Crippen MR) is 89.7 cm³/mol. The van der Waals surface area contributed by atoms with Crippen molar-refractivity contribution in [1.82, 2.24) is 0 Å². The van der Waals surface area contributed by atoms with Gasteiger partial charge >= 0.3 is 0 Å². The summed E-state index contributed by atoms with van der Waals surface area (Å²) in [5.41, 5.74) is 9.29. The van der Waals surface area contributed by atoms with Crippen LogP contribution in [-0.4, -0.2) is 5.84 Å². The molecule has 0 aliphatic heterocycles. The summed E-state index contributed by atoms with van der Waals surface area (Å²) in [6.45, 7) is 6.58. The van der Waals surface area contributed by atoms with Crippen molar-refractivity contribution in [3.63, 3.8) is 0 Å². The smallest absolute Gasteiger partial charge is 0.131 e. The maximum atomic E-state index is 6.08. The number of hydrogen-bond acceptors (Lipinski definition) is 1. The highest BCUT2D eigenvalue weighted by Crippen LogP contribution is 2.25. The zero-order valence-corrected chi connectivity index (χ0v) is 13.6. The van der Waals surface area contributed by atoms with Gasteiger partial charge in [-0.2, -0.15) is 0 Å². The average molecular weight is 331 g/mol. The van der Waals surface area contributed by atoms with Crippen LogP contribution in [0.1, 0.15) is 31.9 Å². The molecule has 104 valence electrons. The molecule has 2 N–H and O–H groups in total. The van der Waals surface area contributed by atoms with Gasteiger partial charge in [0.05, 0.1) is 5.69 Å². The lowest BCUT2D eigenvalue weighted by Gasteiger charge is -2.19. The van der Waals surface area contributed by atoms with E-state index < -0.39 is 0 Å². The van der Waals surface area contributed by atoms with Crippen molar-refractivity contribution >= 4 is 27.5 Å². The molecule has 0 aromatic heterocycles. The highest BCUT2D eigenvalue weighted by Gasteiger charge is 2.13. The summed E-state index contributed by atoms with van der Waals surface area (Å²) in [5, 5.41) is 0. The standard InChI is InChI=1S/C17H19BrN2/c1-17(2,3)13-10-8-12(9-11-13)16(19)20-15-7-5-4-6-14(15)18/h4-11H,1-3H3,(H2,19,20). The topological polar surface area (TPSA) is 38.4 Å². The third kappa shape index (κ3) is 3.48. The van der Waals surface area contributed by atoms with Gasteiger partial charge in [0.1, 0.15) is 5.84 Å². The number of aliphatic imine (C=N–C) groups is 1. The largest absolute Gasteiger partial charge is 0.383 e. The SMILES string of the molecule is CC(C)(C)c1ccc(C(N)=Nc2ccccc2Br)cc1. The Labute approximate surface area is 128 Å². The van der Waals surface area contributed by atoms with Crippen molar-refractivity contribution in [2.45, 2.75) is 26.2 Å². The monoisotopic (exact) mass is 330 g/mol. The number of nitrogens with two attached hydrogens (primary N) is 1. The van der Waals surface area contributed by atoms with Crippen LogP contribution in [0.5, 0.6) is 0 Å². The summed E-state index contributed by atoms with van der Waals surface area (Å²) >= 11 is 3.47. The molecule has 0 spiro atoms. The number of amidine groups is 1. The van der Waals surface area contributed by atoms with E-state index in [0.29, 0.717) is 5.84 Å². The molecule has 2 aromatic carbocycles. The van der Waals surface area contributed by atoms with Crippen LogP contribution in [0.15, 0.2) is 58.0 Å². The predicted octanol–water partition coefficient (Wildman–Crippen LogP) is 4.78. The van der Waals surface area contributed by atoms with E-state index in [4.69, 9.17) is 5.73 Å². The van der Waals surface area contributed by atoms with Crippen LogP contribution in [-0.2, 0) is 5.41 Å². The molecular weight excluding hydrogens is 312 g/mol. The molecule has 0 bridgehead atoms. The third-order valence-corrected chi connectivity index (χ3v) is 3.81. The Hall–Kier alpha value is -1.61. The molecule has 2 nitrogen and oxygen atoms in total. The first-order valence-electron chi connectivity index (χ1n) is 6.57. The van der Waals surface area contributed by atoms with Crippen LogP contribution in [0.25, 0.3) is 0 Å². The third-order valence-electron chi connectivity index (χ3n) is 3.14. The minimum atomic E-state index is 0.146. The molecular formula is C17H19BrN2. The van der Waals surface area contributed by atoms with E-state index >= 15 is 0 Å². The second kappa shape index (κ2) is 5.80. The van der Waals surface area contributed by atoms with Crippen molar-refractivity contribution in [1.29, 1.82) is 0 Å². The second-order valence-corrected chi connectivity index (χ2v) is 6.63. The van der Waals surface area contributed by atoms with Crippen molar-refractivity contribution in [3.05, 3.63) is 64.1 Å². The maximum Gasteiger partial charge on any atom is 0.131 e. The van der Waals surface area contributed by atoms with Gasteiger partial charge in [0.2, 0.25) is 0 Å². The molecule has 0 amide bonds. The van der Waals surface area contributed by atoms with Crippen LogP contribution >= 0.6 is 15.9 Å². The molecule has 0 unspecified atom stereocenters. The lowest BCUT2D eigenvalue weighted by molar-refractivity contribution is 0.590. The summed E-state index contributed by atoms with van der Waals surface area (Å²) < 4.78 is 0.939. The fourth-order valence-corrected chi connectivity index (χ4v) is 2.25. The Balaban J connectivity index is 2.30. The lowest BCUT2D eigenvalue weighted by atomic mass is 9.86. The normalized spacial score (nSPS) is 12.5. The van der Waals surface area contributed by atoms with Crippen molar-refractivity contribution in [2.75, 3.05) is 0 Å². The number of para-hydroxylation sites is 1. The first-order valence-corrected chi connectivity index (χ1v) is 7.37. The average Bonchev–Trinajstić information content (AvgIpc) is 2.40. The summed E-state index contributed by atoms with van der Waals surface area (Å²) in [7, 11) is 0. The highest BCUT2D eigenvalue weighted by atomic mass is 79.9. The van der Waals surface area contributed by atoms with E-state index in [0.717, 1.165) is 15.7 Å². The molecule has 2 aromatic rings. The molecule has 0 saturated heterocycles. The molecule has 0 heterocycles.